The fourth-order valence-corrected chi connectivity index (χ4v) is 6.19. The number of likely N-dealkylation sites (N-methyl/N-ethyl adjacent to an activating group) is 1. The number of hydrogen-bond donors (Lipinski definition) is 1. The van der Waals surface area contributed by atoms with Crippen molar-refractivity contribution in [2.75, 3.05) is 82.7 Å². The highest BCUT2D eigenvalue weighted by Gasteiger charge is 2.24. The van der Waals surface area contributed by atoms with Gasteiger partial charge < -0.3 is 20.0 Å². The van der Waals surface area contributed by atoms with E-state index in [9.17, 15) is 0 Å². The van der Waals surface area contributed by atoms with Crippen molar-refractivity contribution in [1.82, 2.24) is 24.7 Å². The standard InChI is InChI=1S/C33H43N7/c1-37-21-23-40(24-22-37)29-13-11-28(12-14-29)32-35-31-15-20-39(25-27-9-4-2-5-10-27)26-30(31)33(36-32)34-16-8-19-38-17-6-3-7-18-38/h4,9-14H,3,6-8,15-26H2,1H3,(H,34,35,36). The van der Waals surface area contributed by atoms with Gasteiger partial charge >= 0.3 is 0 Å². The van der Waals surface area contributed by atoms with Gasteiger partial charge in [0.25, 0.3) is 0 Å². The molecule has 40 heavy (non-hydrogen) atoms. The number of aromatic nitrogens is 2. The molecule has 0 atom stereocenters. The summed E-state index contributed by atoms with van der Waals surface area (Å²) in [6.45, 7) is 11.7. The molecule has 0 radical (unpaired) electrons. The van der Waals surface area contributed by atoms with Crippen LogP contribution in [0.15, 0.2) is 59.5 Å². The molecule has 7 heteroatoms. The summed E-state index contributed by atoms with van der Waals surface area (Å²) in [5.74, 6) is 1.85. The lowest BCUT2D eigenvalue weighted by Crippen LogP contribution is -2.44. The van der Waals surface area contributed by atoms with E-state index in [0.717, 1.165) is 89.0 Å². The fourth-order valence-electron chi connectivity index (χ4n) is 6.19. The van der Waals surface area contributed by atoms with Gasteiger partial charge in [-0.25, -0.2) is 9.97 Å². The maximum absolute atomic E-state index is 5.14. The number of rotatable bonds is 9. The highest BCUT2D eigenvalue weighted by atomic mass is 15.2. The number of hydrogen-bond acceptors (Lipinski definition) is 7. The van der Waals surface area contributed by atoms with Crippen molar-refractivity contribution >= 4 is 11.5 Å². The lowest BCUT2D eigenvalue weighted by Gasteiger charge is -2.34. The van der Waals surface area contributed by atoms with Crippen LogP contribution in [0.25, 0.3) is 11.4 Å². The maximum Gasteiger partial charge on any atom is 0.161 e. The molecule has 0 spiro atoms. The molecule has 6 rings (SSSR count). The molecule has 210 valence electrons. The smallest absolute Gasteiger partial charge is 0.161 e. The number of allylic oxidation sites excluding steroid dienone is 2. The first-order chi connectivity index (χ1) is 19.7. The summed E-state index contributed by atoms with van der Waals surface area (Å²) in [5, 5.41) is 3.75. The van der Waals surface area contributed by atoms with Crippen LogP contribution in [0.2, 0.25) is 0 Å². The molecule has 2 fully saturated rings. The van der Waals surface area contributed by atoms with Crippen molar-refractivity contribution in [3.05, 3.63) is 70.8 Å². The van der Waals surface area contributed by atoms with E-state index in [2.05, 4.69) is 73.8 Å². The lowest BCUT2D eigenvalue weighted by atomic mass is 10.0. The van der Waals surface area contributed by atoms with Crippen LogP contribution in [0.1, 0.15) is 36.9 Å². The van der Waals surface area contributed by atoms with Gasteiger partial charge in [0.15, 0.2) is 5.82 Å². The molecule has 7 nitrogen and oxygen atoms in total. The van der Waals surface area contributed by atoms with Crippen molar-refractivity contribution in [1.29, 1.82) is 0 Å². The van der Waals surface area contributed by atoms with Gasteiger partial charge in [-0.2, -0.15) is 0 Å². The molecule has 1 aromatic carbocycles. The molecule has 0 unspecified atom stereocenters. The van der Waals surface area contributed by atoms with E-state index in [-0.39, 0.29) is 0 Å². The van der Waals surface area contributed by atoms with Crippen LogP contribution < -0.4 is 10.2 Å². The summed E-state index contributed by atoms with van der Waals surface area (Å²) in [7, 11) is 2.20. The second-order valence-corrected chi connectivity index (χ2v) is 11.6. The van der Waals surface area contributed by atoms with Crippen LogP contribution in [0.3, 0.4) is 0 Å². The molecule has 1 aliphatic carbocycles. The van der Waals surface area contributed by atoms with Crippen LogP contribution in [0.5, 0.6) is 0 Å². The number of likely N-dealkylation sites (tertiary alicyclic amines) is 1. The number of nitrogens with zero attached hydrogens (tertiary/aromatic N) is 6. The molecule has 2 aromatic rings. The van der Waals surface area contributed by atoms with Crippen molar-refractivity contribution in [2.45, 2.75) is 38.6 Å². The van der Waals surface area contributed by atoms with E-state index in [1.807, 2.05) is 12.2 Å². The Morgan fingerprint density at radius 1 is 0.875 bits per heavy atom. The predicted molar refractivity (Wildman–Crippen MR) is 164 cm³/mol. The topological polar surface area (TPSA) is 50.8 Å². The molecular formula is C33H43N7. The number of piperidine rings is 1. The molecule has 0 bridgehead atoms. The third-order valence-corrected chi connectivity index (χ3v) is 8.65. The number of nitrogens with one attached hydrogen (secondary N) is 1. The van der Waals surface area contributed by atoms with E-state index in [1.54, 1.807) is 0 Å². The monoisotopic (exact) mass is 537 g/mol. The zero-order valence-electron chi connectivity index (χ0n) is 24.0. The highest BCUT2D eigenvalue weighted by molar-refractivity contribution is 5.63. The van der Waals surface area contributed by atoms with Crippen LogP contribution in [-0.2, 0) is 13.0 Å². The molecule has 0 amide bonds. The summed E-state index contributed by atoms with van der Waals surface area (Å²) in [5.41, 5.74) is 12.2. The Morgan fingerprint density at radius 2 is 1.70 bits per heavy atom. The summed E-state index contributed by atoms with van der Waals surface area (Å²) in [4.78, 5) is 20.2. The van der Waals surface area contributed by atoms with E-state index in [1.165, 1.54) is 54.9 Å². The first-order valence-electron chi connectivity index (χ1n) is 15.2. The molecule has 4 heterocycles. The van der Waals surface area contributed by atoms with Gasteiger partial charge in [0, 0.05) is 75.6 Å². The average molecular weight is 538 g/mol. The number of piperazine rings is 1. The fraction of sp³-hybridized carbons (Fsp3) is 0.515. The van der Waals surface area contributed by atoms with Crippen LogP contribution in [0.4, 0.5) is 11.5 Å². The first kappa shape index (κ1) is 27.0. The number of anilines is 2. The third kappa shape index (κ3) is 6.75. The molecular weight excluding hydrogens is 494 g/mol. The lowest BCUT2D eigenvalue weighted by molar-refractivity contribution is 0.228. The summed E-state index contributed by atoms with van der Waals surface area (Å²) < 4.78 is 0. The number of benzene rings is 1. The Hall–Kier alpha value is -3.18. The summed E-state index contributed by atoms with van der Waals surface area (Å²) >= 11 is 0. The van der Waals surface area contributed by atoms with Crippen LogP contribution >= 0.6 is 0 Å². The van der Waals surface area contributed by atoms with Gasteiger partial charge in [-0.05, 0) is 94.0 Å². The molecule has 1 aromatic heterocycles. The largest absolute Gasteiger partial charge is 0.370 e. The van der Waals surface area contributed by atoms with Crippen molar-refractivity contribution < 1.29 is 0 Å². The van der Waals surface area contributed by atoms with Crippen LogP contribution in [-0.4, -0.2) is 97.2 Å². The van der Waals surface area contributed by atoms with Gasteiger partial charge in [-0.15, -0.1) is 0 Å². The minimum absolute atomic E-state index is 0.837. The second-order valence-electron chi connectivity index (χ2n) is 11.6. The summed E-state index contributed by atoms with van der Waals surface area (Å²) in [6.07, 6.45) is 12.3. The van der Waals surface area contributed by atoms with Crippen LogP contribution in [0, 0.1) is 0 Å². The number of fused-ring (bicyclic) bond motifs is 1. The zero-order chi connectivity index (χ0) is 27.1. The molecule has 4 aliphatic rings. The van der Waals surface area contributed by atoms with Gasteiger partial charge in [0.2, 0.25) is 0 Å². The Morgan fingerprint density at radius 3 is 2.48 bits per heavy atom. The van der Waals surface area contributed by atoms with Crippen molar-refractivity contribution in [3.8, 4) is 11.4 Å². The highest BCUT2D eigenvalue weighted by Crippen LogP contribution is 2.29. The molecule has 1 N–H and O–H groups in total. The minimum atomic E-state index is 0.837. The van der Waals surface area contributed by atoms with Gasteiger partial charge in [-0.3, -0.25) is 4.90 Å². The molecule has 2 saturated heterocycles. The van der Waals surface area contributed by atoms with E-state index in [4.69, 9.17) is 9.97 Å². The molecule has 0 saturated carbocycles. The normalized spacial score (nSPS) is 20.0. The second kappa shape index (κ2) is 13.0. The minimum Gasteiger partial charge on any atom is -0.370 e. The van der Waals surface area contributed by atoms with Crippen molar-refractivity contribution in [2.24, 2.45) is 0 Å². The zero-order valence-corrected chi connectivity index (χ0v) is 24.0. The summed E-state index contributed by atoms with van der Waals surface area (Å²) in [6, 6.07) is 8.89. The average Bonchev–Trinajstić information content (AvgIpc) is 3.01. The quantitative estimate of drug-likeness (QED) is 0.377. The van der Waals surface area contributed by atoms with E-state index >= 15 is 0 Å². The van der Waals surface area contributed by atoms with Gasteiger partial charge in [0.1, 0.15) is 5.82 Å². The third-order valence-electron chi connectivity index (χ3n) is 8.65. The Bertz CT molecular complexity index is 1290. The van der Waals surface area contributed by atoms with Crippen molar-refractivity contribution in [3.63, 3.8) is 0 Å². The van der Waals surface area contributed by atoms with E-state index < -0.39 is 0 Å². The Labute approximate surface area is 239 Å². The Balaban J connectivity index is 1.18. The molecule has 3 aliphatic heterocycles. The van der Waals surface area contributed by atoms with E-state index in [0.29, 0.717) is 0 Å². The predicted octanol–water partition coefficient (Wildman–Crippen LogP) is 4.35. The SMILES string of the molecule is CN1CCN(c2ccc(-c3nc4c(c(NCCCN5CCCCC5)n3)CN(CC3=CC=C=C=C3)CC4)cc2)CC1. The van der Waals surface area contributed by atoms with Gasteiger partial charge in [0.05, 0.1) is 5.69 Å². The first-order valence-corrected chi connectivity index (χ1v) is 15.2. The Kier molecular flexibility index (Phi) is 8.77. The van der Waals surface area contributed by atoms with Gasteiger partial charge in [-0.1, -0.05) is 17.9 Å². The maximum atomic E-state index is 5.14.